The highest BCUT2D eigenvalue weighted by atomic mass is 35.5. The minimum absolute atomic E-state index is 0.126. The molecule has 1 heterocycles. The van der Waals surface area contributed by atoms with Crippen molar-refractivity contribution in [1.82, 2.24) is 10.3 Å². The molecule has 1 aliphatic carbocycles. The molecule has 3 aromatic rings. The van der Waals surface area contributed by atoms with Crippen molar-refractivity contribution < 1.29 is 13.6 Å². The van der Waals surface area contributed by atoms with Crippen molar-refractivity contribution in [3.05, 3.63) is 58.9 Å². The number of halogens is 2. The quantitative estimate of drug-likeness (QED) is 0.654. The molecule has 2 aromatic carbocycles. The van der Waals surface area contributed by atoms with Gasteiger partial charge in [-0.05, 0) is 60.5 Å². The molecule has 0 aliphatic heterocycles. The van der Waals surface area contributed by atoms with Gasteiger partial charge in [0, 0.05) is 11.1 Å². The van der Waals surface area contributed by atoms with E-state index >= 15 is 0 Å². The molecular weight excluding hydrogens is 363 g/mol. The molecule has 0 radical (unpaired) electrons. The fourth-order valence-electron chi connectivity index (χ4n) is 2.45. The standard InChI is InChI=1S/C18H14ClFN2O2S/c19-11-3-8-15-14(9-11)22-18(24-15)25-16(17(23)21-13-6-7-13)10-1-4-12(20)5-2-10/h1-5,8-9,13,16H,6-7H2,(H,21,23). The molecule has 1 unspecified atom stereocenters. The molecule has 1 fully saturated rings. The minimum Gasteiger partial charge on any atom is -0.431 e. The van der Waals surface area contributed by atoms with Crippen molar-refractivity contribution in [2.75, 3.05) is 0 Å². The Labute approximate surface area is 152 Å². The van der Waals surface area contributed by atoms with Crippen LogP contribution >= 0.6 is 23.4 Å². The number of nitrogens with one attached hydrogen (secondary N) is 1. The third kappa shape index (κ3) is 3.80. The number of rotatable bonds is 5. The van der Waals surface area contributed by atoms with E-state index in [0.29, 0.717) is 26.9 Å². The van der Waals surface area contributed by atoms with Gasteiger partial charge in [-0.15, -0.1) is 0 Å². The van der Waals surface area contributed by atoms with E-state index in [-0.39, 0.29) is 17.8 Å². The van der Waals surface area contributed by atoms with E-state index in [1.165, 1.54) is 23.9 Å². The van der Waals surface area contributed by atoms with Crippen LogP contribution in [-0.2, 0) is 4.79 Å². The van der Waals surface area contributed by atoms with Crippen LogP contribution in [-0.4, -0.2) is 16.9 Å². The minimum atomic E-state index is -0.565. The second kappa shape index (κ2) is 6.69. The van der Waals surface area contributed by atoms with Crippen LogP contribution in [0.25, 0.3) is 11.1 Å². The molecule has 128 valence electrons. The van der Waals surface area contributed by atoms with Crippen LogP contribution in [0.4, 0.5) is 4.39 Å². The molecule has 1 aliphatic rings. The molecule has 25 heavy (non-hydrogen) atoms. The van der Waals surface area contributed by atoms with Gasteiger partial charge in [-0.3, -0.25) is 4.79 Å². The van der Waals surface area contributed by atoms with Crippen LogP contribution in [0.15, 0.2) is 52.1 Å². The number of oxazole rings is 1. The van der Waals surface area contributed by atoms with Crippen molar-refractivity contribution in [1.29, 1.82) is 0 Å². The Morgan fingerprint density at radius 3 is 2.76 bits per heavy atom. The molecule has 1 atom stereocenters. The highest BCUT2D eigenvalue weighted by molar-refractivity contribution is 8.00. The maximum Gasteiger partial charge on any atom is 0.257 e. The van der Waals surface area contributed by atoms with Crippen molar-refractivity contribution in [3.63, 3.8) is 0 Å². The Kier molecular flexibility index (Phi) is 4.39. The van der Waals surface area contributed by atoms with Crippen LogP contribution in [0.2, 0.25) is 5.02 Å². The number of amides is 1. The van der Waals surface area contributed by atoms with Crippen molar-refractivity contribution in [3.8, 4) is 0 Å². The number of carbonyl (C=O) groups is 1. The SMILES string of the molecule is O=C(NC1CC1)C(Sc1nc2cc(Cl)ccc2o1)c1ccc(F)cc1. The van der Waals surface area contributed by atoms with Crippen molar-refractivity contribution in [2.45, 2.75) is 29.4 Å². The van der Waals surface area contributed by atoms with Gasteiger partial charge in [-0.25, -0.2) is 9.37 Å². The number of aromatic nitrogens is 1. The zero-order chi connectivity index (χ0) is 17.4. The van der Waals surface area contributed by atoms with Crippen LogP contribution in [0.5, 0.6) is 0 Å². The predicted octanol–water partition coefficient (Wildman–Crippen LogP) is 4.73. The van der Waals surface area contributed by atoms with E-state index in [0.717, 1.165) is 12.8 Å². The average molecular weight is 377 g/mol. The lowest BCUT2D eigenvalue weighted by Crippen LogP contribution is -2.29. The number of benzene rings is 2. The topological polar surface area (TPSA) is 55.1 Å². The second-order valence-electron chi connectivity index (χ2n) is 5.92. The molecule has 0 spiro atoms. The predicted molar refractivity (Wildman–Crippen MR) is 95.2 cm³/mol. The molecule has 0 bridgehead atoms. The monoisotopic (exact) mass is 376 g/mol. The van der Waals surface area contributed by atoms with Gasteiger partial charge in [-0.1, -0.05) is 23.7 Å². The summed E-state index contributed by atoms with van der Waals surface area (Å²) in [5, 5.41) is 3.36. The van der Waals surface area contributed by atoms with Gasteiger partial charge >= 0.3 is 0 Å². The lowest BCUT2D eigenvalue weighted by molar-refractivity contribution is -0.120. The number of hydrogen-bond acceptors (Lipinski definition) is 4. The first kappa shape index (κ1) is 16.4. The number of hydrogen-bond donors (Lipinski definition) is 1. The molecule has 1 aromatic heterocycles. The zero-order valence-electron chi connectivity index (χ0n) is 13.0. The molecule has 1 amide bonds. The van der Waals surface area contributed by atoms with Gasteiger partial charge in [0.1, 0.15) is 16.6 Å². The fourth-order valence-corrected chi connectivity index (χ4v) is 3.57. The summed E-state index contributed by atoms with van der Waals surface area (Å²) < 4.78 is 18.9. The maximum atomic E-state index is 13.2. The lowest BCUT2D eigenvalue weighted by Gasteiger charge is -2.15. The summed E-state index contributed by atoms with van der Waals surface area (Å²) in [5.41, 5.74) is 1.94. The van der Waals surface area contributed by atoms with E-state index in [1.54, 1.807) is 30.3 Å². The summed E-state index contributed by atoms with van der Waals surface area (Å²) in [6.45, 7) is 0. The van der Waals surface area contributed by atoms with Crippen LogP contribution < -0.4 is 5.32 Å². The average Bonchev–Trinajstić information content (AvgIpc) is 3.31. The van der Waals surface area contributed by atoms with Gasteiger partial charge in [0.15, 0.2) is 5.58 Å². The Bertz CT molecular complexity index is 924. The molecule has 0 saturated heterocycles. The highest BCUT2D eigenvalue weighted by Gasteiger charge is 2.30. The number of carbonyl (C=O) groups excluding carboxylic acids is 1. The van der Waals surface area contributed by atoms with E-state index in [1.807, 2.05) is 0 Å². The number of fused-ring (bicyclic) bond motifs is 1. The molecule has 7 heteroatoms. The second-order valence-corrected chi connectivity index (χ2v) is 7.42. The van der Waals surface area contributed by atoms with Crippen LogP contribution in [0.3, 0.4) is 0 Å². The Hall–Kier alpha value is -2.05. The molecular formula is C18H14ClFN2O2S. The van der Waals surface area contributed by atoms with Gasteiger partial charge in [0.25, 0.3) is 5.22 Å². The first-order valence-corrected chi connectivity index (χ1v) is 9.13. The first-order valence-electron chi connectivity index (χ1n) is 7.87. The molecule has 1 N–H and O–H groups in total. The summed E-state index contributed by atoms with van der Waals surface area (Å²) in [6.07, 6.45) is 1.99. The van der Waals surface area contributed by atoms with E-state index < -0.39 is 5.25 Å². The van der Waals surface area contributed by atoms with Crippen molar-refractivity contribution in [2.24, 2.45) is 0 Å². The Morgan fingerprint density at radius 1 is 1.28 bits per heavy atom. The summed E-state index contributed by atoms with van der Waals surface area (Å²) in [6, 6.07) is 11.3. The summed E-state index contributed by atoms with van der Waals surface area (Å²) in [4.78, 5) is 17.0. The normalized spacial score (nSPS) is 15.3. The van der Waals surface area contributed by atoms with E-state index in [2.05, 4.69) is 10.3 Å². The first-order chi connectivity index (χ1) is 12.1. The van der Waals surface area contributed by atoms with Gasteiger partial charge < -0.3 is 9.73 Å². The van der Waals surface area contributed by atoms with Crippen LogP contribution in [0, 0.1) is 5.82 Å². The maximum absolute atomic E-state index is 13.2. The summed E-state index contributed by atoms with van der Waals surface area (Å²) in [7, 11) is 0. The Morgan fingerprint density at radius 2 is 2.04 bits per heavy atom. The van der Waals surface area contributed by atoms with Crippen LogP contribution in [0.1, 0.15) is 23.7 Å². The smallest absolute Gasteiger partial charge is 0.257 e. The van der Waals surface area contributed by atoms with Crippen molar-refractivity contribution >= 4 is 40.4 Å². The Balaban J connectivity index is 1.63. The number of nitrogens with zero attached hydrogens (tertiary/aromatic N) is 1. The van der Waals surface area contributed by atoms with E-state index in [4.69, 9.17) is 16.0 Å². The number of thioether (sulfide) groups is 1. The molecule has 1 saturated carbocycles. The van der Waals surface area contributed by atoms with E-state index in [9.17, 15) is 9.18 Å². The zero-order valence-corrected chi connectivity index (χ0v) is 14.6. The third-order valence-corrected chi connectivity index (χ3v) is 5.22. The third-order valence-electron chi connectivity index (χ3n) is 3.88. The van der Waals surface area contributed by atoms with Gasteiger partial charge in [0.05, 0.1) is 0 Å². The fraction of sp³-hybridized carbons (Fsp3) is 0.222. The highest BCUT2D eigenvalue weighted by Crippen LogP contribution is 2.37. The van der Waals surface area contributed by atoms with Gasteiger partial charge in [0.2, 0.25) is 5.91 Å². The lowest BCUT2D eigenvalue weighted by atomic mass is 10.1. The molecule has 4 rings (SSSR count). The summed E-state index contributed by atoms with van der Waals surface area (Å²) in [5.74, 6) is -0.467. The molecule has 4 nitrogen and oxygen atoms in total. The largest absolute Gasteiger partial charge is 0.431 e. The summed E-state index contributed by atoms with van der Waals surface area (Å²) >= 11 is 7.17. The van der Waals surface area contributed by atoms with Gasteiger partial charge in [-0.2, -0.15) is 0 Å².